The van der Waals surface area contributed by atoms with Crippen LogP contribution in [0.2, 0.25) is 0 Å². The van der Waals surface area contributed by atoms with Crippen molar-refractivity contribution >= 4 is 0 Å². The van der Waals surface area contributed by atoms with Crippen molar-refractivity contribution in [2.45, 2.75) is 44.3 Å². The fourth-order valence-electron chi connectivity index (χ4n) is 2.54. The third kappa shape index (κ3) is 6.30. The van der Waals surface area contributed by atoms with Crippen molar-refractivity contribution < 1.29 is 20.4 Å². The van der Waals surface area contributed by atoms with E-state index in [0.717, 1.165) is 11.1 Å². The van der Waals surface area contributed by atoms with Crippen molar-refractivity contribution in [3.8, 4) is 11.5 Å². The van der Waals surface area contributed by atoms with Crippen LogP contribution in [0.5, 0.6) is 11.5 Å². The van der Waals surface area contributed by atoms with Gasteiger partial charge in [0.25, 0.3) is 0 Å². The standard InChI is InChI=1S/C19H24O4/c20-16-7-1-14(2-8-16)5-11-18(22)13-19(23)12-6-15-3-9-17(21)10-4-15/h1-4,7-10,18-23H,5-6,11-13H2/t18-,19-/m0/s1. The molecule has 4 heteroatoms. The molecule has 0 spiro atoms. The zero-order valence-electron chi connectivity index (χ0n) is 13.1. The fraction of sp³-hybridized carbons (Fsp3) is 0.368. The highest BCUT2D eigenvalue weighted by atomic mass is 16.3. The second kappa shape index (κ2) is 8.56. The summed E-state index contributed by atoms with van der Waals surface area (Å²) in [5, 5.41) is 38.5. The molecule has 0 saturated carbocycles. The second-order valence-electron chi connectivity index (χ2n) is 5.95. The van der Waals surface area contributed by atoms with E-state index in [9.17, 15) is 20.4 Å². The highest BCUT2D eigenvalue weighted by Gasteiger charge is 2.12. The fourth-order valence-corrected chi connectivity index (χ4v) is 2.54. The number of phenols is 2. The smallest absolute Gasteiger partial charge is 0.115 e. The lowest BCUT2D eigenvalue weighted by Gasteiger charge is -2.16. The summed E-state index contributed by atoms with van der Waals surface area (Å²) in [6.07, 6.45) is 1.87. The third-order valence-corrected chi connectivity index (χ3v) is 3.95. The molecule has 0 saturated heterocycles. The minimum absolute atomic E-state index is 0.235. The van der Waals surface area contributed by atoms with Gasteiger partial charge in [0.05, 0.1) is 12.2 Å². The second-order valence-corrected chi connectivity index (χ2v) is 5.95. The molecule has 0 aromatic heterocycles. The van der Waals surface area contributed by atoms with Crippen LogP contribution in [0.4, 0.5) is 0 Å². The van der Waals surface area contributed by atoms with Crippen LogP contribution >= 0.6 is 0 Å². The van der Waals surface area contributed by atoms with Crippen LogP contribution in [-0.2, 0) is 12.8 Å². The number of aryl methyl sites for hydroxylation is 2. The summed E-state index contributed by atoms with van der Waals surface area (Å²) in [7, 11) is 0. The molecule has 23 heavy (non-hydrogen) atoms. The van der Waals surface area contributed by atoms with Crippen LogP contribution in [0, 0.1) is 0 Å². The Kier molecular flexibility index (Phi) is 6.44. The number of benzene rings is 2. The Morgan fingerprint density at radius 1 is 0.609 bits per heavy atom. The predicted octanol–water partition coefficient (Wildman–Crippen LogP) is 2.78. The summed E-state index contributed by atoms with van der Waals surface area (Å²) < 4.78 is 0. The highest BCUT2D eigenvalue weighted by Crippen LogP contribution is 2.16. The molecular formula is C19H24O4. The van der Waals surface area contributed by atoms with Gasteiger partial charge in [0.15, 0.2) is 0 Å². The van der Waals surface area contributed by atoms with Gasteiger partial charge in [0.1, 0.15) is 11.5 Å². The molecule has 0 radical (unpaired) electrons. The van der Waals surface area contributed by atoms with Crippen LogP contribution in [0.1, 0.15) is 30.4 Å². The summed E-state index contributed by atoms with van der Waals surface area (Å²) >= 11 is 0. The lowest BCUT2D eigenvalue weighted by atomic mass is 9.99. The molecule has 2 aromatic rings. The number of aliphatic hydroxyl groups is 2. The summed E-state index contributed by atoms with van der Waals surface area (Å²) in [6.45, 7) is 0. The molecule has 2 rings (SSSR count). The van der Waals surface area contributed by atoms with Crippen LogP contribution in [0.25, 0.3) is 0 Å². The van der Waals surface area contributed by atoms with E-state index < -0.39 is 12.2 Å². The lowest BCUT2D eigenvalue weighted by molar-refractivity contribution is 0.0714. The molecule has 0 fully saturated rings. The van der Waals surface area contributed by atoms with Gasteiger partial charge in [0, 0.05) is 0 Å². The molecule has 2 aromatic carbocycles. The molecule has 4 nitrogen and oxygen atoms in total. The maximum atomic E-state index is 10.0. The molecule has 124 valence electrons. The van der Waals surface area contributed by atoms with E-state index in [1.54, 1.807) is 24.3 Å². The van der Waals surface area contributed by atoms with Crippen molar-refractivity contribution in [3.05, 3.63) is 59.7 Å². The van der Waals surface area contributed by atoms with Gasteiger partial charge in [-0.1, -0.05) is 24.3 Å². The monoisotopic (exact) mass is 316 g/mol. The Bertz CT molecular complexity index is 524. The van der Waals surface area contributed by atoms with Crippen LogP contribution < -0.4 is 0 Å². The quantitative estimate of drug-likeness (QED) is 0.604. The van der Waals surface area contributed by atoms with E-state index in [2.05, 4.69) is 0 Å². The SMILES string of the molecule is Oc1ccc(CC[C@H](O)C[C@@H](O)CCc2ccc(O)cc2)cc1. The van der Waals surface area contributed by atoms with Crippen molar-refractivity contribution in [1.29, 1.82) is 0 Å². The average Bonchev–Trinajstić information content (AvgIpc) is 2.54. The van der Waals surface area contributed by atoms with E-state index in [1.165, 1.54) is 0 Å². The van der Waals surface area contributed by atoms with Gasteiger partial charge in [0.2, 0.25) is 0 Å². The molecular weight excluding hydrogens is 292 g/mol. The number of rotatable bonds is 8. The summed E-state index contributed by atoms with van der Waals surface area (Å²) in [5.41, 5.74) is 2.11. The van der Waals surface area contributed by atoms with Gasteiger partial charge < -0.3 is 20.4 Å². The predicted molar refractivity (Wildman–Crippen MR) is 89.5 cm³/mol. The van der Waals surface area contributed by atoms with Crippen molar-refractivity contribution in [1.82, 2.24) is 0 Å². The van der Waals surface area contributed by atoms with E-state index in [-0.39, 0.29) is 11.5 Å². The molecule has 0 aliphatic heterocycles. The van der Waals surface area contributed by atoms with Gasteiger partial charge in [-0.2, -0.15) is 0 Å². The van der Waals surface area contributed by atoms with Gasteiger partial charge in [-0.15, -0.1) is 0 Å². The molecule has 0 aliphatic carbocycles. The molecule has 0 bridgehead atoms. The lowest BCUT2D eigenvalue weighted by Crippen LogP contribution is -2.19. The molecule has 4 N–H and O–H groups in total. The zero-order valence-corrected chi connectivity index (χ0v) is 13.1. The molecule has 2 atom stereocenters. The van der Waals surface area contributed by atoms with Gasteiger partial charge >= 0.3 is 0 Å². The Morgan fingerprint density at radius 3 is 1.30 bits per heavy atom. The summed E-state index contributed by atoms with van der Waals surface area (Å²) in [5.74, 6) is 0.470. The first-order valence-electron chi connectivity index (χ1n) is 7.95. The highest BCUT2D eigenvalue weighted by molar-refractivity contribution is 5.26. The number of phenolic OH excluding ortho intramolecular Hbond substituents is 2. The summed E-state index contributed by atoms with van der Waals surface area (Å²) in [4.78, 5) is 0. The number of aromatic hydroxyl groups is 2. The van der Waals surface area contributed by atoms with Crippen molar-refractivity contribution in [3.63, 3.8) is 0 Å². The van der Waals surface area contributed by atoms with E-state index in [1.807, 2.05) is 24.3 Å². The molecule has 0 heterocycles. The van der Waals surface area contributed by atoms with Crippen LogP contribution in [-0.4, -0.2) is 32.6 Å². The Labute approximate surface area is 136 Å². The Morgan fingerprint density at radius 2 is 0.957 bits per heavy atom. The maximum absolute atomic E-state index is 10.0. The number of hydrogen-bond donors (Lipinski definition) is 4. The van der Waals surface area contributed by atoms with Crippen LogP contribution in [0.3, 0.4) is 0 Å². The van der Waals surface area contributed by atoms with Gasteiger partial charge in [-0.05, 0) is 67.5 Å². The topological polar surface area (TPSA) is 80.9 Å². The Hall–Kier alpha value is -2.04. The molecule has 0 amide bonds. The van der Waals surface area contributed by atoms with Crippen molar-refractivity contribution in [2.24, 2.45) is 0 Å². The molecule has 0 aliphatic rings. The average molecular weight is 316 g/mol. The number of hydrogen-bond acceptors (Lipinski definition) is 4. The largest absolute Gasteiger partial charge is 0.508 e. The van der Waals surface area contributed by atoms with E-state index >= 15 is 0 Å². The first kappa shape index (κ1) is 17.3. The van der Waals surface area contributed by atoms with Gasteiger partial charge in [-0.3, -0.25) is 0 Å². The minimum atomic E-state index is -0.543. The minimum Gasteiger partial charge on any atom is -0.508 e. The maximum Gasteiger partial charge on any atom is 0.115 e. The van der Waals surface area contributed by atoms with Gasteiger partial charge in [-0.25, -0.2) is 0 Å². The van der Waals surface area contributed by atoms with E-state index in [0.29, 0.717) is 32.1 Å². The number of aliphatic hydroxyl groups excluding tert-OH is 2. The van der Waals surface area contributed by atoms with Crippen LogP contribution in [0.15, 0.2) is 48.5 Å². The molecule has 0 unspecified atom stereocenters. The first-order chi connectivity index (χ1) is 11.0. The first-order valence-corrected chi connectivity index (χ1v) is 7.95. The van der Waals surface area contributed by atoms with Crippen molar-refractivity contribution in [2.75, 3.05) is 0 Å². The van der Waals surface area contributed by atoms with E-state index in [4.69, 9.17) is 0 Å². The zero-order chi connectivity index (χ0) is 16.7. The summed E-state index contributed by atoms with van der Waals surface area (Å²) in [6, 6.07) is 13.9. The normalized spacial score (nSPS) is 13.7. The third-order valence-electron chi connectivity index (χ3n) is 3.95. The Balaban J connectivity index is 1.68.